The van der Waals surface area contributed by atoms with Crippen LogP contribution in [0.2, 0.25) is 0 Å². The van der Waals surface area contributed by atoms with Crippen molar-refractivity contribution in [2.45, 2.75) is 24.9 Å². The van der Waals surface area contributed by atoms with E-state index in [2.05, 4.69) is 15.5 Å². The van der Waals surface area contributed by atoms with Gasteiger partial charge in [0, 0.05) is 13.6 Å². The second-order valence-electron chi connectivity index (χ2n) is 6.94. The van der Waals surface area contributed by atoms with Crippen LogP contribution in [0.25, 0.3) is 5.69 Å². The van der Waals surface area contributed by atoms with Crippen LogP contribution in [0.1, 0.15) is 28.1 Å². The predicted octanol–water partition coefficient (Wildman–Crippen LogP) is 0.107. The van der Waals surface area contributed by atoms with Gasteiger partial charge in [0.1, 0.15) is 23.7 Å². The molecule has 0 aliphatic carbocycles. The zero-order valence-electron chi connectivity index (χ0n) is 16.7. The molecule has 0 spiro atoms. The van der Waals surface area contributed by atoms with E-state index >= 15 is 0 Å². The highest BCUT2D eigenvalue weighted by atomic mass is 16.4. The normalized spacial score (nSPS) is 14.5. The Morgan fingerprint density at radius 2 is 1.93 bits per heavy atom. The number of hydrogen-bond acceptors (Lipinski definition) is 8. The first-order chi connectivity index (χ1) is 14.4. The van der Waals surface area contributed by atoms with Gasteiger partial charge in [-0.25, -0.2) is 0 Å². The molecular formula is C20H25N5O5. The predicted molar refractivity (Wildman–Crippen MR) is 107 cm³/mol. The number of aromatic nitrogens is 3. The van der Waals surface area contributed by atoms with Gasteiger partial charge in [0.05, 0.1) is 24.5 Å². The molecule has 0 fully saturated rings. The Labute approximate surface area is 173 Å². The zero-order chi connectivity index (χ0) is 21.7. The van der Waals surface area contributed by atoms with Gasteiger partial charge in [-0.05, 0) is 31.3 Å². The summed E-state index contributed by atoms with van der Waals surface area (Å²) in [5, 5.41) is 41.9. The Bertz CT molecular complexity index is 957. The lowest BCUT2D eigenvalue weighted by Gasteiger charge is -2.25. The molecule has 1 aromatic carbocycles. The van der Waals surface area contributed by atoms with Gasteiger partial charge in [-0.2, -0.15) is 15.0 Å². The number of nitrogens with zero attached hydrogens (tertiary/aromatic N) is 4. The van der Waals surface area contributed by atoms with Crippen LogP contribution in [0.15, 0.2) is 53.1 Å². The van der Waals surface area contributed by atoms with E-state index in [1.165, 1.54) is 18.0 Å². The Hall–Kier alpha value is -3.05. The summed E-state index contributed by atoms with van der Waals surface area (Å²) >= 11 is 0. The average Bonchev–Trinajstić information content (AvgIpc) is 3.42. The summed E-state index contributed by atoms with van der Waals surface area (Å²) in [6.45, 7) is 0.363. The fraction of sp³-hybridized carbons (Fsp3) is 0.350. The minimum Gasteiger partial charge on any atom is -0.455 e. The summed E-state index contributed by atoms with van der Waals surface area (Å²) in [4.78, 5) is 14.6. The number of benzene rings is 1. The van der Waals surface area contributed by atoms with Gasteiger partial charge in [-0.1, -0.05) is 18.2 Å². The number of aliphatic hydroxyl groups excluding tert-OH is 3. The average molecular weight is 415 g/mol. The van der Waals surface area contributed by atoms with Crippen molar-refractivity contribution in [3.05, 3.63) is 65.9 Å². The lowest BCUT2D eigenvalue weighted by Crippen LogP contribution is -2.40. The van der Waals surface area contributed by atoms with Crippen molar-refractivity contribution in [2.24, 2.45) is 0 Å². The summed E-state index contributed by atoms with van der Waals surface area (Å²) < 4.78 is 5.44. The summed E-state index contributed by atoms with van der Waals surface area (Å²) in [6, 6.07) is 12.4. The van der Waals surface area contributed by atoms with Crippen molar-refractivity contribution in [3.8, 4) is 5.69 Å². The summed E-state index contributed by atoms with van der Waals surface area (Å²) in [5.41, 5.74) is 0.856. The Kier molecular flexibility index (Phi) is 6.95. The van der Waals surface area contributed by atoms with E-state index in [1.807, 2.05) is 18.2 Å². The maximum absolute atomic E-state index is 11.5. The van der Waals surface area contributed by atoms with E-state index in [1.54, 1.807) is 36.2 Å². The quantitative estimate of drug-likeness (QED) is 0.386. The van der Waals surface area contributed by atoms with Gasteiger partial charge >= 0.3 is 0 Å². The Balaban J connectivity index is 1.57. The number of hydrogen-bond donors (Lipinski definition) is 4. The highest BCUT2D eigenvalue weighted by Gasteiger charge is 2.29. The number of para-hydroxylation sites is 1. The molecule has 0 aliphatic heterocycles. The molecule has 30 heavy (non-hydrogen) atoms. The molecule has 3 unspecified atom stereocenters. The minimum absolute atomic E-state index is 0.0566. The number of carbonyl (C=O) groups is 1. The monoisotopic (exact) mass is 415 g/mol. The van der Waals surface area contributed by atoms with Gasteiger partial charge < -0.3 is 25.1 Å². The second-order valence-corrected chi connectivity index (χ2v) is 6.94. The summed E-state index contributed by atoms with van der Waals surface area (Å²) in [5.74, 6) is 0.397. The van der Waals surface area contributed by atoms with Crippen molar-refractivity contribution in [2.75, 3.05) is 20.6 Å². The number of likely N-dealkylation sites (N-methyl/N-ethyl adjacent to an activating group) is 1. The van der Waals surface area contributed by atoms with Crippen molar-refractivity contribution >= 4 is 5.91 Å². The van der Waals surface area contributed by atoms with Crippen LogP contribution in [-0.4, -0.2) is 74.0 Å². The zero-order valence-corrected chi connectivity index (χ0v) is 16.7. The van der Waals surface area contributed by atoms with Gasteiger partial charge in [0.2, 0.25) is 0 Å². The molecule has 10 heteroatoms. The fourth-order valence-corrected chi connectivity index (χ4v) is 2.95. The SMILES string of the molecule is CNC(=O)c1ccc(CN(C)CC(O)C(O)C(O)c2cnn(-c3ccccc3)n2)o1. The van der Waals surface area contributed by atoms with Crippen molar-refractivity contribution < 1.29 is 24.5 Å². The molecule has 0 saturated carbocycles. The third-order valence-corrected chi connectivity index (χ3v) is 4.55. The molecule has 1 amide bonds. The lowest BCUT2D eigenvalue weighted by atomic mass is 10.1. The highest BCUT2D eigenvalue weighted by Crippen LogP contribution is 2.19. The maximum atomic E-state index is 11.5. The first-order valence-corrected chi connectivity index (χ1v) is 9.40. The summed E-state index contributed by atoms with van der Waals surface area (Å²) in [6.07, 6.45) is -2.78. The van der Waals surface area contributed by atoms with E-state index in [-0.39, 0.29) is 23.9 Å². The molecular weight excluding hydrogens is 390 g/mol. The molecule has 2 aromatic heterocycles. The van der Waals surface area contributed by atoms with Crippen molar-refractivity contribution in [1.82, 2.24) is 25.2 Å². The topological polar surface area (TPSA) is 137 Å². The van der Waals surface area contributed by atoms with Crippen molar-refractivity contribution in [1.29, 1.82) is 0 Å². The largest absolute Gasteiger partial charge is 0.455 e. The van der Waals surface area contributed by atoms with Gasteiger partial charge in [0.15, 0.2) is 5.76 Å². The summed E-state index contributed by atoms with van der Waals surface area (Å²) in [7, 11) is 3.23. The number of carbonyl (C=O) groups excluding carboxylic acids is 1. The number of nitrogens with one attached hydrogen (secondary N) is 1. The number of aliphatic hydroxyl groups is 3. The van der Waals surface area contributed by atoms with E-state index < -0.39 is 18.3 Å². The van der Waals surface area contributed by atoms with Gasteiger partial charge in [0.25, 0.3) is 5.91 Å². The molecule has 3 atom stereocenters. The molecule has 0 aliphatic rings. The van der Waals surface area contributed by atoms with Crippen LogP contribution < -0.4 is 5.32 Å². The first kappa shape index (κ1) is 21.7. The van der Waals surface area contributed by atoms with E-state index in [4.69, 9.17) is 4.42 Å². The second kappa shape index (κ2) is 9.63. The van der Waals surface area contributed by atoms with Crippen LogP contribution in [0.5, 0.6) is 0 Å². The van der Waals surface area contributed by atoms with Crippen LogP contribution in [0, 0.1) is 0 Å². The molecule has 3 aromatic rings. The number of rotatable bonds is 9. The van der Waals surface area contributed by atoms with Crippen LogP contribution in [0.3, 0.4) is 0 Å². The lowest BCUT2D eigenvalue weighted by molar-refractivity contribution is -0.0710. The van der Waals surface area contributed by atoms with E-state index in [0.29, 0.717) is 18.0 Å². The molecule has 160 valence electrons. The van der Waals surface area contributed by atoms with Gasteiger partial charge in [-0.3, -0.25) is 9.69 Å². The molecule has 4 N–H and O–H groups in total. The third-order valence-electron chi connectivity index (χ3n) is 4.55. The Morgan fingerprint density at radius 1 is 1.20 bits per heavy atom. The molecule has 10 nitrogen and oxygen atoms in total. The molecule has 0 bridgehead atoms. The molecule has 0 saturated heterocycles. The van der Waals surface area contributed by atoms with Crippen LogP contribution >= 0.6 is 0 Å². The molecule has 0 radical (unpaired) electrons. The van der Waals surface area contributed by atoms with Crippen LogP contribution in [-0.2, 0) is 6.54 Å². The van der Waals surface area contributed by atoms with Crippen molar-refractivity contribution in [3.63, 3.8) is 0 Å². The Morgan fingerprint density at radius 3 is 2.63 bits per heavy atom. The van der Waals surface area contributed by atoms with E-state index in [0.717, 1.165) is 0 Å². The van der Waals surface area contributed by atoms with Crippen LogP contribution in [0.4, 0.5) is 0 Å². The molecule has 3 rings (SSSR count). The van der Waals surface area contributed by atoms with E-state index in [9.17, 15) is 20.1 Å². The first-order valence-electron chi connectivity index (χ1n) is 9.40. The number of amides is 1. The van der Waals surface area contributed by atoms with Gasteiger partial charge in [-0.15, -0.1) is 0 Å². The maximum Gasteiger partial charge on any atom is 0.286 e. The molecule has 2 heterocycles. The minimum atomic E-state index is -1.47. The third kappa shape index (κ3) is 5.10. The fourth-order valence-electron chi connectivity index (χ4n) is 2.95. The highest BCUT2D eigenvalue weighted by molar-refractivity contribution is 5.91. The number of furan rings is 1. The smallest absolute Gasteiger partial charge is 0.286 e. The standard InChI is InChI=1S/C20H25N5O5/c1-21-20(29)17-9-8-14(30-17)11-24(2)12-16(26)19(28)18(27)15-10-22-25(23-15)13-6-4-3-5-7-13/h3-10,16,18-19,26-28H,11-12H2,1-2H3,(H,21,29).